The van der Waals surface area contributed by atoms with Crippen LogP contribution in [0.2, 0.25) is 0 Å². The number of aromatic amines is 1. The molecule has 0 aliphatic carbocycles. The van der Waals surface area contributed by atoms with Gasteiger partial charge in [-0.3, -0.25) is 9.89 Å². The first kappa shape index (κ1) is 25.6. The molecule has 4 heterocycles. The fourth-order valence-electron chi connectivity index (χ4n) is 4.90. The van der Waals surface area contributed by atoms with Gasteiger partial charge in [0, 0.05) is 60.1 Å². The van der Waals surface area contributed by atoms with E-state index in [1.54, 1.807) is 36.1 Å². The third-order valence-electron chi connectivity index (χ3n) is 7.23. The third kappa shape index (κ3) is 4.56. The topological polar surface area (TPSA) is 112 Å². The smallest absolute Gasteiger partial charge is 0.379 e. The van der Waals surface area contributed by atoms with Gasteiger partial charge in [0.05, 0.1) is 12.7 Å². The second-order valence-electron chi connectivity index (χ2n) is 9.82. The number of nitrogens with one attached hydrogen (secondary N) is 2. The lowest BCUT2D eigenvalue weighted by Gasteiger charge is -2.25. The fourth-order valence-corrected chi connectivity index (χ4v) is 4.90. The number of amides is 1. The summed E-state index contributed by atoms with van der Waals surface area (Å²) in [5.74, 6) is 0.488. The van der Waals surface area contributed by atoms with Crippen LogP contribution in [0.4, 0.5) is 24.7 Å². The van der Waals surface area contributed by atoms with E-state index in [4.69, 9.17) is 0 Å². The van der Waals surface area contributed by atoms with Gasteiger partial charge in [-0.05, 0) is 35.9 Å². The zero-order valence-corrected chi connectivity index (χ0v) is 21.3. The number of H-pyrrole nitrogens is 1. The molecule has 5 aromatic rings. The number of benzene rings is 2. The maximum absolute atomic E-state index is 13.2. The number of rotatable bonds is 5. The van der Waals surface area contributed by atoms with Gasteiger partial charge in [-0.15, -0.1) is 0 Å². The second-order valence-corrected chi connectivity index (χ2v) is 9.82. The molecule has 0 saturated carbocycles. The van der Waals surface area contributed by atoms with E-state index in [2.05, 4.69) is 25.5 Å². The van der Waals surface area contributed by atoms with E-state index < -0.39 is 30.7 Å². The van der Waals surface area contributed by atoms with Crippen molar-refractivity contribution in [1.29, 1.82) is 0 Å². The van der Waals surface area contributed by atoms with E-state index in [0.717, 1.165) is 27.1 Å². The van der Waals surface area contributed by atoms with Gasteiger partial charge in [-0.2, -0.15) is 18.3 Å². The molecule has 204 valence electrons. The van der Waals surface area contributed by atoms with Gasteiger partial charge in [-0.25, -0.2) is 9.97 Å². The molecule has 9 nitrogen and oxygen atoms in total. The summed E-state index contributed by atoms with van der Waals surface area (Å²) < 4.78 is 41.4. The number of carbonyl (C=O) groups excluding carboxylic acids is 1. The molecule has 1 atom stereocenters. The van der Waals surface area contributed by atoms with Crippen LogP contribution in [0.3, 0.4) is 0 Å². The average Bonchev–Trinajstić information content (AvgIpc) is 3.69. The van der Waals surface area contributed by atoms with Crippen LogP contribution in [0.15, 0.2) is 73.2 Å². The number of alkyl halides is 3. The number of β-amino-alcohol motifs (C(OH)–C–C–N with tert-alkyl or cyclic N) is 1. The van der Waals surface area contributed by atoms with Gasteiger partial charge in [0.1, 0.15) is 11.5 Å². The summed E-state index contributed by atoms with van der Waals surface area (Å²) >= 11 is 0. The Morgan fingerprint density at radius 2 is 1.85 bits per heavy atom. The van der Waals surface area contributed by atoms with Crippen molar-refractivity contribution >= 4 is 28.3 Å². The third-order valence-corrected chi connectivity index (χ3v) is 7.23. The predicted molar refractivity (Wildman–Crippen MR) is 143 cm³/mol. The molecule has 0 spiro atoms. The highest BCUT2D eigenvalue weighted by atomic mass is 19.4. The summed E-state index contributed by atoms with van der Waals surface area (Å²) in [6.45, 7) is -0.969. The minimum Gasteiger partial charge on any atom is -0.379 e. The second kappa shape index (κ2) is 9.49. The standard InChI is InChI=1S/C28H24F3N7O2/c1-37-22-13-19(3-2-18(22)12-23(37)26(39)38-11-9-27(40,16-38)28(29,30)31)25-32-10-8-24(36-25)35-21-6-4-17(5-7-21)20-14-33-34-15-20/h2-8,10,12-15,40H,9,11,16H2,1H3,(H,33,34)(H,32,35,36). The molecule has 2 aromatic carbocycles. The van der Waals surface area contributed by atoms with Crippen LogP contribution in [0.25, 0.3) is 33.4 Å². The van der Waals surface area contributed by atoms with Crippen LogP contribution in [-0.4, -0.2) is 65.5 Å². The Hall–Kier alpha value is -4.71. The molecule has 1 aliphatic heterocycles. The molecule has 1 amide bonds. The number of fused-ring (bicyclic) bond motifs is 1. The lowest BCUT2D eigenvalue weighted by Crippen LogP contribution is -2.48. The number of anilines is 2. The first-order valence-electron chi connectivity index (χ1n) is 12.5. The van der Waals surface area contributed by atoms with Gasteiger partial charge >= 0.3 is 6.18 Å². The van der Waals surface area contributed by atoms with Crippen LogP contribution in [0.5, 0.6) is 0 Å². The first-order chi connectivity index (χ1) is 19.1. The zero-order chi connectivity index (χ0) is 28.1. The highest BCUT2D eigenvalue weighted by molar-refractivity contribution is 5.99. The van der Waals surface area contributed by atoms with Gasteiger partial charge in [0.15, 0.2) is 11.4 Å². The molecule has 6 rings (SSSR count). The van der Waals surface area contributed by atoms with Crippen LogP contribution in [0, 0.1) is 0 Å². The van der Waals surface area contributed by atoms with E-state index in [9.17, 15) is 23.1 Å². The number of carbonyl (C=O) groups is 1. The molecule has 3 aromatic heterocycles. The Kier molecular flexibility index (Phi) is 6.06. The molecule has 1 unspecified atom stereocenters. The van der Waals surface area contributed by atoms with E-state index in [-0.39, 0.29) is 12.2 Å². The summed E-state index contributed by atoms with van der Waals surface area (Å²) in [5.41, 5.74) is 1.60. The van der Waals surface area contributed by atoms with Crippen LogP contribution in [0.1, 0.15) is 16.9 Å². The molecule has 0 radical (unpaired) electrons. The summed E-state index contributed by atoms with van der Waals surface area (Å²) in [6.07, 6.45) is -0.137. The Labute approximate surface area is 226 Å². The first-order valence-corrected chi connectivity index (χ1v) is 12.5. The van der Waals surface area contributed by atoms with Crippen molar-refractivity contribution < 1.29 is 23.1 Å². The molecule has 0 bridgehead atoms. The average molecular weight is 548 g/mol. The van der Waals surface area contributed by atoms with Crippen LogP contribution >= 0.6 is 0 Å². The van der Waals surface area contributed by atoms with Crippen LogP contribution in [-0.2, 0) is 7.05 Å². The lowest BCUT2D eigenvalue weighted by atomic mass is 10.0. The van der Waals surface area contributed by atoms with Crippen molar-refractivity contribution in [1.82, 2.24) is 29.6 Å². The number of aromatic nitrogens is 5. The molecule has 40 heavy (non-hydrogen) atoms. The Morgan fingerprint density at radius 3 is 2.55 bits per heavy atom. The number of aliphatic hydroxyl groups is 1. The molecular formula is C28H24F3N7O2. The van der Waals surface area contributed by atoms with Gasteiger partial charge in [0.25, 0.3) is 5.91 Å². The van der Waals surface area contributed by atoms with Crippen molar-refractivity contribution in [3.63, 3.8) is 0 Å². The van der Waals surface area contributed by atoms with Crippen molar-refractivity contribution in [3.8, 4) is 22.5 Å². The molecule has 1 aliphatic rings. The predicted octanol–water partition coefficient (Wildman–Crippen LogP) is 4.91. The zero-order valence-electron chi connectivity index (χ0n) is 21.3. The number of halogens is 3. The van der Waals surface area contributed by atoms with Crippen molar-refractivity contribution in [3.05, 3.63) is 78.9 Å². The quantitative estimate of drug-likeness (QED) is 0.288. The summed E-state index contributed by atoms with van der Waals surface area (Å²) in [5, 5.41) is 20.8. The normalized spacial score (nSPS) is 17.5. The highest BCUT2D eigenvalue weighted by Gasteiger charge is 2.58. The molecule has 1 fully saturated rings. The van der Waals surface area contributed by atoms with Crippen LogP contribution < -0.4 is 5.32 Å². The van der Waals surface area contributed by atoms with Gasteiger partial charge in [0.2, 0.25) is 0 Å². The maximum Gasteiger partial charge on any atom is 0.419 e. The summed E-state index contributed by atoms with van der Waals surface area (Å²) in [7, 11) is 1.68. The lowest BCUT2D eigenvalue weighted by molar-refractivity contribution is -0.253. The van der Waals surface area contributed by atoms with Crippen molar-refractivity contribution in [2.24, 2.45) is 7.05 Å². The van der Waals surface area contributed by atoms with E-state index in [0.29, 0.717) is 22.7 Å². The summed E-state index contributed by atoms with van der Waals surface area (Å²) in [6, 6.07) is 16.7. The number of nitrogens with zero attached hydrogens (tertiary/aromatic N) is 5. The van der Waals surface area contributed by atoms with E-state index >= 15 is 0 Å². The SMILES string of the molecule is Cn1c(C(=O)N2CCC(O)(C(F)(F)F)C2)cc2ccc(-c3nccc(Nc4ccc(-c5cn[nH]c5)cc4)n3)cc21. The number of hydrogen-bond acceptors (Lipinski definition) is 6. The minimum atomic E-state index is -4.80. The molecule has 3 N–H and O–H groups in total. The Bertz CT molecular complexity index is 1700. The monoisotopic (exact) mass is 547 g/mol. The van der Waals surface area contributed by atoms with Crippen molar-refractivity contribution in [2.45, 2.75) is 18.2 Å². The number of likely N-dealkylation sites (tertiary alicyclic amines) is 1. The molecular weight excluding hydrogens is 523 g/mol. The Morgan fingerprint density at radius 1 is 1.07 bits per heavy atom. The Balaban J connectivity index is 1.22. The maximum atomic E-state index is 13.2. The summed E-state index contributed by atoms with van der Waals surface area (Å²) in [4.78, 5) is 23.2. The van der Waals surface area contributed by atoms with Gasteiger partial charge < -0.3 is 19.9 Å². The fraction of sp³-hybridized carbons (Fsp3) is 0.214. The minimum absolute atomic E-state index is 0.179. The highest BCUT2D eigenvalue weighted by Crippen LogP contribution is 2.38. The van der Waals surface area contributed by atoms with E-state index in [1.807, 2.05) is 48.7 Å². The largest absolute Gasteiger partial charge is 0.419 e. The molecule has 12 heteroatoms. The van der Waals surface area contributed by atoms with E-state index in [1.165, 1.54) is 0 Å². The number of aryl methyl sites for hydroxylation is 1. The number of hydrogen-bond donors (Lipinski definition) is 3. The molecule has 1 saturated heterocycles. The van der Waals surface area contributed by atoms with Gasteiger partial charge in [-0.1, -0.05) is 24.3 Å². The van der Waals surface area contributed by atoms with Crippen molar-refractivity contribution in [2.75, 3.05) is 18.4 Å².